The van der Waals surface area contributed by atoms with Crippen LogP contribution in [0.25, 0.3) is 0 Å². The van der Waals surface area contributed by atoms with Crippen LogP contribution in [0.5, 0.6) is 0 Å². The van der Waals surface area contributed by atoms with E-state index in [2.05, 4.69) is 0 Å². The zero-order valence-electron chi connectivity index (χ0n) is 9.71. The van der Waals surface area contributed by atoms with Gasteiger partial charge in [0.1, 0.15) is 0 Å². The van der Waals surface area contributed by atoms with Crippen molar-refractivity contribution in [1.82, 2.24) is 0 Å². The maximum absolute atomic E-state index is 12.2. The fourth-order valence-corrected chi connectivity index (χ4v) is 3.43. The molecular weight excluding hydrogens is 268 g/mol. The van der Waals surface area contributed by atoms with Gasteiger partial charge in [-0.25, -0.2) is 8.42 Å². The molecule has 0 N–H and O–H groups in total. The second-order valence-electron chi connectivity index (χ2n) is 3.97. The summed E-state index contributed by atoms with van der Waals surface area (Å²) in [6, 6.07) is 15.8. The molecule has 0 atom stereocenters. The maximum atomic E-state index is 12.2. The molecule has 2 aromatic rings. The minimum atomic E-state index is -3.30. The van der Waals surface area contributed by atoms with Crippen LogP contribution in [0.1, 0.15) is 11.1 Å². The molecular formula is C14H13ClO2S. The molecule has 2 rings (SSSR count). The monoisotopic (exact) mass is 280 g/mol. The van der Waals surface area contributed by atoms with Gasteiger partial charge in [-0.3, -0.25) is 0 Å². The van der Waals surface area contributed by atoms with Crippen LogP contribution in [0.15, 0.2) is 59.5 Å². The molecule has 0 aromatic heterocycles. The Kier molecular flexibility index (Phi) is 4.04. The average Bonchev–Trinajstić information content (AvgIpc) is 2.40. The molecule has 0 fully saturated rings. The van der Waals surface area contributed by atoms with Gasteiger partial charge in [0.2, 0.25) is 0 Å². The van der Waals surface area contributed by atoms with Crippen LogP contribution in [-0.4, -0.2) is 8.42 Å². The molecule has 2 nitrogen and oxygen atoms in total. The second kappa shape index (κ2) is 5.55. The van der Waals surface area contributed by atoms with Gasteiger partial charge in [-0.2, -0.15) is 0 Å². The number of sulfone groups is 1. The Morgan fingerprint density at radius 3 is 2.00 bits per heavy atom. The van der Waals surface area contributed by atoms with Gasteiger partial charge in [-0.05, 0) is 23.3 Å². The third kappa shape index (κ3) is 2.92. The highest BCUT2D eigenvalue weighted by Gasteiger charge is 2.16. The number of benzene rings is 2. The van der Waals surface area contributed by atoms with E-state index in [0.29, 0.717) is 10.8 Å². The number of rotatable bonds is 4. The zero-order chi connectivity index (χ0) is 13.0. The highest BCUT2D eigenvalue weighted by Crippen LogP contribution is 2.19. The van der Waals surface area contributed by atoms with Crippen molar-refractivity contribution in [2.75, 3.05) is 0 Å². The van der Waals surface area contributed by atoms with Crippen molar-refractivity contribution in [1.29, 1.82) is 0 Å². The Balaban J connectivity index is 2.34. The van der Waals surface area contributed by atoms with Gasteiger partial charge >= 0.3 is 0 Å². The molecule has 94 valence electrons. The van der Waals surface area contributed by atoms with Crippen LogP contribution < -0.4 is 0 Å². The van der Waals surface area contributed by atoms with Crippen LogP contribution in [0.2, 0.25) is 0 Å². The molecule has 0 aliphatic rings. The molecule has 0 saturated heterocycles. The number of alkyl halides is 1. The summed E-state index contributed by atoms with van der Waals surface area (Å²) < 4.78 is 24.5. The summed E-state index contributed by atoms with van der Waals surface area (Å²) in [6.45, 7) is 0. The summed E-state index contributed by atoms with van der Waals surface area (Å²) in [5.41, 5.74) is 1.62. The van der Waals surface area contributed by atoms with Gasteiger partial charge in [0.25, 0.3) is 0 Å². The van der Waals surface area contributed by atoms with Crippen LogP contribution in [-0.2, 0) is 21.5 Å². The third-order valence-electron chi connectivity index (χ3n) is 2.71. The molecule has 0 aliphatic carbocycles. The van der Waals surface area contributed by atoms with E-state index in [-0.39, 0.29) is 5.75 Å². The number of halogens is 1. The van der Waals surface area contributed by atoms with Crippen molar-refractivity contribution in [3.05, 3.63) is 65.7 Å². The van der Waals surface area contributed by atoms with Crippen molar-refractivity contribution < 1.29 is 8.42 Å². The van der Waals surface area contributed by atoms with Gasteiger partial charge in [0, 0.05) is 5.88 Å². The summed E-state index contributed by atoms with van der Waals surface area (Å²) in [5, 5.41) is 0. The van der Waals surface area contributed by atoms with Crippen molar-refractivity contribution in [2.24, 2.45) is 0 Å². The van der Waals surface area contributed by atoms with Crippen LogP contribution in [0.3, 0.4) is 0 Å². The fraction of sp³-hybridized carbons (Fsp3) is 0.143. The molecule has 0 bridgehead atoms. The minimum absolute atomic E-state index is 0.0140. The maximum Gasteiger partial charge on any atom is 0.182 e. The molecule has 0 radical (unpaired) electrons. The molecule has 2 aromatic carbocycles. The van der Waals surface area contributed by atoms with E-state index in [9.17, 15) is 8.42 Å². The lowest BCUT2D eigenvalue weighted by Crippen LogP contribution is -2.06. The largest absolute Gasteiger partial charge is 0.223 e. The lowest BCUT2D eigenvalue weighted by molar-refractivity contribution is 0.595. The molecule has 0 heterocycles. The lowest BCUT2D eigenvalue weighted by Gasteiger charge is -2.08. The summed E-state index contributed by atoms with van der Waals surface area (Å²) in [7, 11) is -3.30. The van der Waals surface area contributed by atoms with Gasteiger partial charge in [-0.15, -0.1) is 11.6 Å². The first-order valence-corrected chi connectivity index (χ1v) is 7.73. The SMILES string of the molecule is O=S(=O)(Cc1ccccc1CCl)c1ccccc1. The van der Waals surface area contributed by atoms with Gasteiger partial charge in [0.05, 0.1) is 10.6 Å². The average molecular weight is 281 g/mol. The quantitative estimate of drug-likeness (QED) is 0.805. The van der Waals surface area contributed by atoms with E-state index >= 15 is 0 Å². The molecule has 0 spiro atoms. The van der Waals surface area contributed by atoms with Crippen LogP contribution in [0, 0.1) is 0 Å². The third-order valence-corrected chi connectivity index (χ3v) is 4.68. The first-order valence-electron chi connectivity index (χ1n) is 5.54. The first kappa shape index (κ1) is 13.1. The Hall–Kier alpha value is -1.32. The Morgan fingerprint density at radius 2 is 1.39 bits per heavy atom. The van der Waals surface area contributed by atoms with E-state index < -0.39 is 9.84 Å². The molecule has 0 aliphatic heterocycles. The molecule has 0 amide bonds. The van der Waals surface area contributed by atoms with Gasteiger partial charge < -0.3 is 0 Å². The highest BCUT2D eigenvalue weighted by atomic mass is 35.5. The van der Waals surface area contributed by atoms with Gasteiger partial charge in [0.15, 0.2) is 9.84 Å². The van der Waals surface area contributed by atoms with Gasteiger partial charge in [-0.1, -0.05) is 42.5 Å². The van der Waals surface area contributed by atoms with Crippen molar-refractivity contribution in [3.63, 3.8) is 0 Å². The Labute approximate surface area is 112 Å². The molecule has 0 saturated carbocycles. The number of hydrogen-bond donors (Lipinski definition) is 0. The fourth-order valence-electron chi connectivity index (χ4n) is 1.74. The lowest BCUT2D eigenvalue weighted by atomic mass is 10.1. The molecule has 18 heavy (non-hydrogen) atoms. The summed E-state index contributed by atoms with van der Waals surface area (Å²) >= 11 is 5.81. The van der Waals surface area contributed by atoms with E-state index in [1.54, 1.807) is 36.4 Å². The topological polar surface area (TPSA) is 34.1 Å². The van der Waals surface area contributed by atoms with Crippen molar-refractivity contribution >= 4 is 21.4 Å². The normalized spacial score (nSPS) is 11.4. The summed E-state index contributed by atoms with van der Waals surface area (Å²) in [4.78, 5) is 0.342. The Morgan fingerprint density at radius 1 is 0.833 bits per heavy atom. The smallest absolute Gasteiger partial charge is 0.182 e. The predicted octanol–water partition coefficient (Wildman–Crippen LogP) is 3.40. The second-order valence-corrected chi connectivity index (χ2v) is 6.23. The van der Waals surface area contributed by atoms with E-state index in [1.165, 1.54) is 0 Å². The van der Waals surface area contributed by atoms with Crippen molar-refractivity contribution in [3.8, 4) is 0 Å². The van der Waals surface area contributed by atoms with E-state index in [4.69, 9.17) is 11.6 Å². The first-order chi connectivity index (χ1) is 8.63. The summed E-state index contributed by atoms with van der Waals surface area (Å²) in [5.74, 6) is 0.306. The highest BCUT2D eigenvalue weighted by molar-refractivity contribution is 7.90. The molecule has 4 heteroatoms. The van der Waals surface area contributed by atoms with Crippen LogP contribution in [0.4, 0.5) is 0 Å². The minimum Gasteiger partial charge on any atom is -0.223 e. The zero-order valence-corrected chi connectivity index (χ0v) is 11.3. The van der Waals surface area contributed by atoms with Crippen molar-refractivity contribution in [2.45, 2.75) is 16.5 Å². The summed E-state index contributed by atoms with van der Waals surface area (Å²) in [6.07, 6.45) is 0. The predicted molar refractivity (Wildman–Crippen MR) is 73.3 cm³/mol. The van der Waals surface area contributed by atoms with E-state index in [0.717, 1.165) is 11.1 Å². The Bertz CT molecular complexity index is 621. The standard InChI is InChI=1S/C14H13ClO2S/c15-10-12-6-4-5-7-13(12)11-18(16,17)14-8-2-1-3-9-14/h1-9H,10-11H2. The number of hydrogen-bond acceptors (Lipinski definition) is 2. The molecule has 0 unspecified atom stereocenters. The van der Waals surface area contributed by atoms with Crippen LogP contribution >= 0.6 is 11.6 Å². The van der Waals surface area contributed by atoms with E-state index in [1.807, 2.05) is 18.2 Å².